The van der Waals surface area contributed by atoms with Crippen LogP contribution in [0.15, 0.2) is 59.8 Å². The minimum atomic E-state index is 0.711. The van der Waals surface area contributed by atoms with Gasteiger partial charge in [-0.05, 0) is 26.0 Å². The molecule has 0 N–H and O–H groups in total. The minimum absolute atomic E-state index is 0.711. The molecular weight excluding hydrogens is 318 g/mol. The van der Waals surface area contributed by atoms with Crippen LogP contribution in [-0.4, -0.2) is 33.7 Å². The second kappa shape index (κ2) is 8.13. The Morgan fingerprint density at radius 1 is 1.00 bits per heavy atom. The number of benzene rings is 2. The van der Waals surface area contributed by atoms with E-state index < -0.39 is 0 Å². The van der Waals surface area contributed by atoms with Crippen molar-refractivity contribution in [3.8, 4) is 17.1 Å². The maximum absolute atomic E-state index is 5.43. The fourth-order valence-corrected chi connectivity index (χ4v) is 3.20. The van der Waals surface area contributed by atoms with Crippen LogP contribution < -0.4 is 0 Å². The summed E-state index contributed by atoms with van der Waals surface area (Å²) in [6.45, 7) is 5.54. The number of nitrogens with zero attached hydrogens (tertiary/aromatic N) is 3. The molecule has 0 saturated heterocycles. The lowest BCUT2D eigenvalue weighted by atomic mass is 10.2. The largest absolute Gasteiger partial charge is 0.381 e. The van der Waals surface area contributed by atoms with E-state index in [0.29, 0.717) is 6.61 Å². The lowest BCUT2D eigenvalue weighted by Crippen LogP contribution is -2.02. The molecule has 2 aromatic carbocycles. The van der Waals surface area contributed by atoms with Crippen LogP contribution in [-0.2, 0) is 4.74 Å². The highest BCUT2D eigenvalue weighted by atomic mass is 32.2. The molecule has 0 unspecified atom stereocenters. The number of rotatable bonds is 7. The Morgan fingerprint density at radius 3 is 2.46 bits per heavy atom. The number of hydrogen-bond acceptors (Lipinski definition) is 4. The van der Waals surface area contributed by atoms with Gasteiger partial charge >= 0.3 is 0 Å². The van der Waals surface area contributed by atoms with Gasteiger partial charge in [0.15, 0.2) is 11.0 Å². The molecule has 124 valence electrons. The lowest BCUT2D eigenvalue weighted by Gasteiger charge is -2.10. The molecule has 24 heavy (non-hydrogen) atoms. The van der Waals surface area contributed by atoms with E-state index in [0.717, 1.165) is 34.6 Å². The summed E-state index contributed by atoms with van der Waals surface area (Å²) in [4.78, 5) is 0. The molecule has 0 aliphatic carbocycles. The molecule has 0 bridgehead atoms. The molecule has 5 heteroatoms. The van der Waals surface area contributed by atoms with E-state index in [1.807, 2.05) is 25.1 Å². The minimum Gasteiger partial charge on any atom is -0.381 e. The van der Waals surface area contributed by atoms with Crippen LogP contribution in [0.2, 0.25) is 0 Å². The molecule has 0 spiro atoms. The van der Waals surface area contributed by atoms with Gasteiger partial charge in [-0.3, -0.25) is 4.57 Å². The molecule has 0 radical (unpaired) electrons. The van der Waals surface area contributed by atoms with Gasteiger partial charge in [-0.2, -0.15) is 0 Å². The van der Waals surface area contributed by atoms with Crippen LogP contribution in [0.4, 0.5) is 0 Å². The van der Waals surface area contributed by atoms with Crippen LogP contribution >= 0.6 is 11.8 Å². The topological polar surface area (TPSA) is 39.9 Å². The Hall–Kier alpha value is -2.11. The monoisotopic (exact) mass is 339 g/mol. The summed E-state index contributed by atoms with van der Waals surface area (Å²) in [5.41, 5.74) is 3.37. The normalized spacial score (nSPS) is 10.9. The Balaban J connectivity index is 1.97. The smallest absolute Gasteiger partial charge is 0.196 e. The average molecular weight is 339 g/mol. The third kappa shape index (κ3) is 3.86. The first-order chi connectivity index (χ1) is 11.8. The van der Waals surface area contributed by atoms with Gasteiger partial charge < -0.3 is 4.74 Å². The molecular formula is C19H21N3OS. The zero-order valence-corrected chi connectivity index (χ0v) is 14.8. The first-order valence-electron chi connectivity index (χ1n) is 8.08. The standard InChI is InChI=1S/C19H21N3OS/c1-3-23-13-14-24-19-21-20-18(16-7-5-4-6-8-16)22(19)17-11-9-15(2)10-12-17/h4-12H,3,13-14H2,1-2H3. The Morgan fingerprint density at radius 2 is 1.75 bits per heavy atom. The maximum atomic E-state index is 5.43. The number of aryl methyl sites for hydroxylation is 1. The van der Waals surface area contributed by atoms with Crippen LogP contribution in [0.3, 0.4) is 0 Å². The number of thioether (sulfide) groups is 1. The Kier molecular flexibility index (Phi) is 5.67. The summed E-state index contributed by atoms with van der Waals surface area (Å²) in [5, 5.41) is 9.73. The van der Waals surface area contributed by atoms with Crippen LogP contribution in [0.5, 0.6) is 0 Å². The van der Waals surface area contributed by atoms with Gasteiger partial charge in [-0.15, -0.1) is 10.2 Å². The van der Waals surface area contributed by atoms with Crippen molar-refractivity contribution in [2.24, 2.45) is 0 Å². The molecule has 1 aromatic heterocycles. The van der Waals surface area contributed by atoms with Crippen molar-refractivity contribution >= 4 is 11.8 Å². The molecule has 4 nitrogen and oxygen atoms in total. The zero-order valence-electron chi connectivity index (χ0n) is 14.0. The summed E-state index contributed by atoms with van der Waals surface area (Å²) in [7, 11) is 0. The van der Waals surface area contributed by atoms with Gasteiger partial charge in [-0.25, -0.2) is 0 Å². The van der Waals surface area contributed by atoms with Crippen LogP contribution in [0.1, 0.15) is 12.5 Å². The quantitative estimate of drug-likeness (QED) is 0.473. The van der Waals surface area contributed by atoms with Gasteiger partial charge in [0.25, 0.3) is 0 Å². The predicted octanol–water partition coefficient (Wildman–Crippen LogP) is 4.37. The SMILES string of the molecule is CCOCCSc1nnc(-c2ccccc2)n1-c1ccc(C)cc1. The first kappa shape index (κ1) is 16.7. The van der Waals surface area contributed by atoms with Gasteiger partial charge in [-0.1, -0.05) is 59.8 Å². The molecule has 0 aliphatic rings. The van der Waals surface area contributed by atoms with Crippen molar-refractivity contribution in [1.29, 1.82) is 0 Å². The fraction of sp³-hybridized carbons (Fsp3) is 0.263. The molecule has 0 saturated carbocycles. The van der Waals surface area contributed by atoms with E-state index in [-0.39, 0.29) is 0 Å². The highest BCUT2D eigenvalue weighted by Gasteiger charge is 2.15. The molecule has 0 aliphatic heterocycles. The summed E-state index contributed by atoms with van der Waals surface area (Å²) in [6.07, 6.45) is 0. The number of aromatic nitrogens is 3. The number of hydrogen-bond donors (Lipinski definition) is 0. The Bertz CT molecular complexity index is 769. The van der Waals surface area contributed by atoms with Crippen LogP contribution in [0, 0.1) is 6.92 Å². The van der Waals surface area contributed by atoms with E-state index >= 15 is 0 Å². The van der Waals surface area contributed by atoms with Crippen molar-refractivity contribution in [2.45, 2.75) is 19.0 Å². The molecule has 0 fully saturated rings. The van der Waals surface area contributed by atoms with Gasteiger partial charge in [0, 0.05) is 23.6 Å². The second-order valence-corrected chi connectivity index (χ2v) is 6.45. The Labute approximate surface area is 146 Å². The van der Waals surface area contributed by atoms with E-state index in [1.54, 1.807) is 11.8 Å². The van der Waals surface area contributed by atoms with Gasteiger partial charge in [0.2, 0.25) is 0 Å². The summed E-state index contributed by atoms with van der Waals surface area (Å²) >= 11 is 1.67. The van der Waals surface area contributed by atoms with E-state index in [9.17, 15) is 0 Å². The van der Waals surface area contributed by atoms with Crippen molar-refractivity contribution in [1.82, 2.24) is 14.8 Å². The molecule has 3 aromatic rings. The lowest BCUT2D eigenvalue weighted by molar-refractivity contribution is 0.164. The van der Waals surface area contributed by atoms with Crippen molar-refractivity contribution in [3.63, 3.8) is 0 Å². The first-order valence-corrected chi connectivity index (χ1v) is 9.06. The maximum Gasteiger partial charge on any atom is 0.196 e. The summed E-state index contributed by atoms with van der Waals surface area (Å²) < 4.78 is 7.55. The highest BCUT2D eigenvalue weighted by molar-refractivity contribution is 7.99. The van der Waals surface area contributed by atoms with Crippen LogP contribution in [0.25, 0.3) is 17.1 Å². The third-order valence-corrected chi connectivity index (χ3v) is 4.51. The predicted molar refractivity (Wildman–Crippen MR) is 98.7 cm³/mol. The van der Waals surface area contributed by atoms with Crippen molar-refractivity contribution < 1.29 is 4.74 Å². The molecule has 0 amide bonds. The highest BCUT2D eigenvalue weighted by Crippen LogP contribution is 2.27. The van der Waals surface area contributed by atoms with Crippen molar-refractivity contribution in [2.75, 3.05) is 19.0 Å². The average Bonchev–Trinajstić information content (AvgIpc) is 3.04. The molecule has 1 heterocycles. The number of ether oxygens (including phenoxy) is 1. The van der Waals surface area contributed by atoms with E-state index in [1.165, 1.54) is 5.56 Å². The van der Waals surface area contributed by atoms with E-state index in [4.69, 9.17) is 4.74 Å². The summed E-state index contributed by atoms with van der Waals surface area (Å²) in [6, 6.07) is 18.6. The van der Waals surface area contributed by atoms with E-state index in [2.05, 4.69) is 58.1 Å². The van der Waals surface area contributed by atoms with Gasteiger partial charge in [0.05, 0.1) is 6.61 Å². The third-order valence-electron chi connectivity index (χ3n) is 3.62. The fourth-order valence-electron chi connectivity index (χ4n) is 2.40. The molecule has 3 rings (SSSR count). The van der Waals surface area contributed by atoms with Crippen molar-refractivity contribution in [3.05, 3.63) is 60.2 Å². The van der Waals surface area contributed by atoms with Gasteiger partial charge in [0.1, 0.15) is 0 Å². The zero-order chi connectivity index (χ0) is 16.8. The summed E-state index contributed by atoms with van der Waals surface area (Å²) in [5.74, 6) is 1.71. The molecule has 0 atom stereocenters. The second-order valence-electron chi connectivity index (χ2n) is 5.39.